The van der Waals surface area contributed by atoms with Crippen LogP contribution in [-0.4, -0.2) is 13.1 Å². The predicted octanol–water partition coefficient (Wildman–Crippen LogP) is 3.73. The fraction of sp³-hybridized carbons (Fsp3) is 0.462. The standard InChI is InChI=1S/C13H17ClO2/c1-8-6-7-9(14)11(13(2,3)4)10(8)12(15)16-5/h6-7H,1-5H3. The van der Waals surface area contributed by atoms with Gasteiger partial charge in [-0.1, -0.05) is 38.4 Å². The van der Waals surface area contributed by atoms with Gasteiger partial charge < -0.3 is 4.74 Å². The third-order valence-electron chi connectivity index (χ3n) is 2.50. The highest BCUT2D eigenvalue weighted by Gasteiger charge is 2.26. The molecule has 0 unspecified atom stereocenters. The van der Waals surface area contributed by atoms with E-state index in [-0.39, 0.29) is 11.4 Å². The topological polar surface area (TPSA) is 26.3 Å². The van der Waals surface area contributed by atoms with Crippen LogP contribution in [0.3, 0.4) is 0 Å². The van der Waals surface area contributed by atoms with Crippen LogP contribution in [0.5, 0.6) is 0 Å². The van der Waals surface area contributed by atoms with Crippen molar-refractivity contribution in [3.05, 3.63) is 33.8 Å². The van der Waals surface area contributed by atoms with Crippen molar-refractivity contribution in [3.63, 3.8) is 0 Å². The summed E-state index contributed by atoms with van der Waals surface area (Å²) in [7, 11) is 1.38. The molecule has 0 saturated heterocycles. The van der Waals surface area contributed by atoms with E-state index >= 15 is 0 Å². The zero-order chi connectivity index (χ0) is 12.5. The quantitative estimate of drug-likeness (QED) is 0.699. The smallest absolute Gasteiger partial charge is 0.338 e. The number of methoxy groups -OCH3 is 1. The summed E-state index contributed by atoms with van der Waals surface area (Å²) in [6.45, 7) is 7.97. The van der Waals surface area contributed by atoms with Crippen LogP contribution in [0.25, 0.3) is 0 Å². The molecule has 0 radical (unpaired) electrons. The Morgan fingerprint density at radius 3 is 2.31 bits per heavy atom. The van der Waals surface area contributed by atoms with Crippen molar-refractivity contribution >= 4 is 17.6 Å². The summed E-state index contributed by atoms with van der Waals surface area (Å²) >= 11 is 6.18. The molecule has 0 heterocycles. The summed E-state index contributed by atoms with van der Waals surface area (Å²) in [6, 6.07) is 3.66. The summed E-state index contributed by atoms with van der Waals surface area (Å²) in [5.41, 5.74) is 2.14. The zero-order valence-electron chi connectivity index (χ0n) is 10.3. The number of ether oxygens (including phenoxy) is 1. The molecule has 0 fully saturated rings. The van der Waals surface area contributed by atoms with E-state index in [2.05, 4.69) is 0 Å². The molecule has 1 aromatic carbocycles. The van der Waals surface area contributed by atoms with E-state index in [4.69, 9.17) is 16.3 Å². The van der Waals surface area contributed by atoms with Crippen LogP contribution in [0.2, 0.25) is 5.02 Å². The molecule has 0 aliphatic carbocycles. The van der Waals surface area contributed by atoms with Crippen LogP contribution in [-0.2, 0) is 10.2 Å². The molecule has 0 spiro atoms. The number of benzene rings is 1. The fourth-order valence-corrected chi connectivity index (χ4v) is 2.22. The lowest BCUT2D eigenvalue weighted by atomic mass is 9.82. The first-order valence-electron chi connectivity index (χ1n) is 5.17. The fourth-order valence-electron chi connectivity index (χ4n) is 1.78. The molecule has 0 saturated carbocycles. The van der Waals surface area contributed by atoms with E-state index in [0.717, 1.165) is 11.1 Å². The molecule has 1 rings (SSSR count). The summed E-state index contributed by atoms with van der Waals surface area (Å²) in [5, 5.41) is 0.610. The third-order valence-corrected chi connectivity index (χ3v) is 2.82. The Bertz CT molecular complexity index is 417. The van der Waals surface area contributed by atoms with Gasteiger partial charge in [0.05, 0.1) is 12.7 Å². The lowest BCUT2D eigenvalue weighted by Crippen LogP contribution is -2.19. The zero-order valence-corrected chi connectivity index (χ0v) is 11.1. The molecule has 3 heteroatoms. The van der Waals surface area contributed by atoms with E-state index in [0.29, 0.717) is 10.6 Å². The number of hydrogen-bond acceptors (Lipinski definition) is 2. The SMILES string of the molecule is COC(=O)c1c(C)ccc(Cl)c1C(C)(C)C. The number of esters is 1. The van der Waals surface area contributed by atoms with E-state index < -0.39 is 0 Å². The Morgan fingerprint density at radius 1 is 1.31 bits per heavy atom. The molecule has 2 nitrogen and oxygen atoms in total. The van der Waals surface area contributed by atoms with E-state index in [9.17, 15) is 4.79 Å². The Balaban J connectivity index is 3.56. The first kappa shape index (κ1) is 13.0. The van der Waals surface area contributed by atoms with Crippen LogP contribution >= 0.6 is 11.6 Å². The maximum Gasteiger partial charge on any atom is 0.338 e. The lowest BCUT2D eigenvalue weighted by Gasteiger charge is -2.24. The number of aryl methyl sites for hydroxylation is 1. The molecule has 16 heavy (non-hydrogen) atoms. The van der Waals surface area contributed by atoms with E-state index in [1.165, 1.54) is 7.11 Å². The second kappa shape index (κ2) is 4.46. The van der Waals surface area contributed by atoms with Gasteiger partial charge in [0.1, 0.15) is 0 Å². The van der Waals surface area contributed by atoms with Gasteiger partial charge in [-0.25, -0.2) is 4.79 Å². The van der Waals surface area contributed by atoms with Crippen LogP contribution in [0, 0.1) is 6.92 Å². The van der Waals surface area contributed by atoms with Gasteiger partial charge in [-0.2, -0.15) is 0 Å². The normalized spacial score (nSPS) is 11.4. The maximum atomic E-state index is 11.8. The molecule has 0 aliphatic heterocycles. The largest absolute Gasteiger partial charge is 0.465 e. The van der Waals surface area contributed by atoms with Gasteiger partial charge >= 0.3 is 5.97 Å². The Labute approximate surface area is 102 Å². The van der Waals surface area contributed by atoms with Crippen molar-refractivity contribution in [1.82, 2.24) is 0 Å². The molecular formula is C13H17ClO2. The molecule has 0 N–H and O–H groups in total. The Hall–Kier alpha value is -1.02. The first-order chi connectivity index (χ1) is 7.29. The Morgan fingerprint density at radius 2 is 1.88 bits per heavy atom. The first-order valence-corrected chi connectivity index (χ1v) is 5.54. The van der Waals surface area contributed by atoms with Gasteiger partial charge in [-0.05, 0) is 29.5 Å². The number of carbonyl (C=O) groups excluding carboxylic acids is 1. The van der Waals surface area contributed by atoms with Gasteiger partial charge in [0, 0.05) is 5.02 Å². The molecule has 0 aromatic heterocycles. The van der Waals surface area contributed by atoms with Crippen LogP contribution in [0.15, 0.2) is 12.1 Å². The van der Waals surface area contributed by atoms with E-state index in [1.807, 2.05) is 39.8 Å². The molecule has 0 amide bonds. The predicted molar refractivity (Wildman–Crippen MR) is 66.2 cm³/mol. The minimum atomic E-state index is -0.329. The maximum absolute atomic E-state index is 11.8. The Kier molecular flexibility index (Phi) is 3.64. The third kappa shape index (κ3) is 2.38. The number of halogens is 1. The van der Waals surface area contributed by atoms with Crippen molar-refractivity contribution < 1.29 is 9.53 Å². The monoisotopic (exact) mass is 240 g/mol. The van der Waals surface area contributed by atoms with Gasteiger partial charge in [-0.15, -0.1) is 0 Å². The van der Waals surface area contributed by atoms with Crippen LogP contribution in [0.4, 0.5) is 0 Å². The van der Waals surface area contributed by atoms with Crippen molar-refractivity contribution in [2.24, 2.45) is 0 Å². The molecule has 0 bridgehead atoms. The molecular weight excluding hydrogens is 224 g/mol. The summed E-state index contributed by atoms with van der Waals surface area (Å²) in [6.07, 6.45) is 0. The minimum Gasteiger partial charge on any atom is -0.465 e. The minimum absolute atomic E-state index is 0.188. The summed E-state index contributed by atoms with van der Waals surface area (Å²) in [4.78, 5) is 11.8. The van der Waals surface area contributed by atoms with Crippen molar-refractivity contribution in [3.8, 4) is 0 Å². The summed E-state index contributed by atoms with van der Waals surface area (Å²) < 4.78 is 4.81. The van der Waals surface area contributed by atoms with Gasteiger partial charge in [0.2, 0.25) is 0 Å². The second-order valence-electron chi connectivity index (χ2n) is 4.86. The van der Waals surface area contributed by atoms with Gasteiger partial charge in [0.25, 0.3) is 0 Å². The summed E-state index contributed by atoms with van der Waals surface area (Å²) in [5.74, 6) is -0.329. The highest BCUT2D eigenvalue weighted by Crippen LogP contribution is 2.34. The van der Waals surface area contributed by atoms with Gasteiger partial charge in [-0.3, -0.25) is 0 Å². The number of carbonyl (C=O) groups is 1. The number of hydrogen-bond donors (Lipinski definition) is 0. The number of rotatable bonds is 1. The molecule has 0 aliphatic rings. The lowest BCUT2D eigenvalue weighted by molar-refractivity contribution is 0.0597. The van der Waals surface area contributed by atoms with Gasteiger partial charge in [0.15, 0.2) is 0 Å². The van der Waals surface area contributed by atoms with E-state index in [1.54, 1.807) is 0 Å². The van der Waals surface area contributed by atoms with Crippen molar-refractivity contribution in [2.75, 3.05) is 7.11 Å². The van der Waals surface area contributed by atoms with Crippen molar-refractivity contribution in [1.29, 1.82) is 0 Å². The van der Waals surface area contributed by atoms with Crippen LogP contribution in [0.1, 0.15) is 42.3 Å². The van der Waals surface area contributed by atoms with Crippen molar-refractivity contribution in [2.45, 2.75) is 33.1 Å². The average molecular weight is 241 g/mol. The van der Waals surface area contributed by atoms with Crippen LogP contribution < -0.4 is 0 Å². The second-order valence-corrected chi connectivity index (χ2v) is 5.26. The molecule has 1 aromatic rings. The highest BCUT2D eigenvalue weighted by molar-refractivity contribution is 6.32. The molecule has 0 atom stereocenters. The highest BCUT2D eigenvalue weighted by atomic mass is 35.5. The average Bonchev–Trinajstić information content (AvgIpc) is 2.18. The molecule has 88 valence electrons.